The lowest BCUT2D eigenvalue weighted by molar-refractivity contribution is 0.596. The highest BCUT2D eigenvalue weighted by molar-refractivity contribution is 7.99. The molecular weight excluding hydrogens is 410 g/mol. The van der Waals surface area contributed by atoms with Gasteiger partial charge < -0.3 is 0 Å². The number of primary sulfonamides is 1. The second-order valence-corrected chi connectivity index (χ2v) is 9.38. The van der Waals surface area contributed by atoms with Gasteiger partial charge in [0.15, 0.2) is 5.16 Å². The minimum Gasteiger partial charge on any atom is -0.272 e. The molecule has 2 aromatic carbocycles. The summed E-state index contributed by atoms with van der Waals surface area (Å²) >= 11 is 1.39. The van der Waals surface area contributed by atoms with E-state index >= 15 is 0 Å². The van der Waals surface area contributed by atoms with Gasteiger partial charge in [-0.05, 0) is 24.1 Å². The fourth-order valence-corrected chi connectivity index (χ4v) is 4.77. The number of aromatic nitrogens is 4. The van der Waals surface area contributed by atoms with Crippen LogP contribution in [0.4, 0.5) is 0 Å². The molecule has 29 heavy (non-hydrogen) atoms. The van der Waals surface area contributed by atoms with Gasteiger partial charge >= 0.3 is 0 Å². The van der Waals surface area contributed by atoms with E-state index in [2.05, 4.69) is 10.2 Å². The molecular formula is C19H19N5O3S2. The summed E-state index contributed by atoms with van der Waals surface area (Å²) in [7, 11) is -3.49. The number of rotatable bonds is 7. The fraction of sp³-hybridized carbons (Fsp3) is 0.211. The Morgan fingerprint density at radius 3 is 2.48 bits per heavy atom. The maximum Gasteiger partial charge on any atom is 0.263 e. The predicted octanol–water partition coefficient (Wildman–Crippen LogP) is 1.86. The quantitative estimate of drug-likeness (QED) is 0.354. The lowest BCUT2D eigenvalue weighted by atomic mass is 10.2. The first-order chi connectivity index (χ1) is 13.9. The van der Waals surface area contributed by atoms with Crippen molar-refractivity contribution in [1.82, 2.24) is 19.2 Å². The highest BCUT2D eigenvalue weighted by Crippen LogP contribution is 2.22. The Labute approximate surface area is 171 Å². The lowest BCUT2D eigenvalue weighted by Crippen LogP contribution is -2.24. The van der Waals surface area contributed by atoms with Crippen LogP contribution in [0.25, 0.3) is 16.7 Å². The molecule has 8 nitrogen and oxygen atoms in total. The summed E-state index contributed by atoms with van der Waals surface area (Å²) in [6, 6.07) is 17.0. The standard InChI is InChI=1S/C19H19N5O3S2/c20-29(26,27)12-6-11-28-19-22-21-18-23(13-14-7-2-1-3-8-14)17(25)15-9-4-5-10-16(15)24(18)19/h1-5,7-10H,6,11-13H2,(H2,20,26,27). The van der Waals surface area contributed by atoms with Crippen molar-refractivity contribution in [2.75, 3.05) is 11.5 Å². The van der Waals surface area contributed by atoms with Gasteiger partial charge in [-0.25, -0.2) is 13.6 Å². The van der Waals surface area contributed by atoms with Gasteiger partial charge in [-0.15, -0.1) is 10.2 Å². The van der Waals surface area contributed by atoms with Crippen molar-refractivity contribution in [3.63, 3.8) is 0 Å². The number of fused-ring (bicyclic) bond motifs is 3. The van der Waals surface area contributed by atoms with Gasteiger partial charge in [-0.1, -0.05) is 54.2 Å². The fourth-order valence-electron chi connectivity index (χ4n) is 3.16. The Balaban J connectivity index is 1.79. The van der Waals surface area contributed by atoms with Crippen molar-refractivity contribution in [3.8, 4) is 0 Å². The zero-order valence-corrected chi connectivity index (χ0v) is 17.1. The predicted molar refractivity (Wildman–Crippen MR) is 114 cm³/mol. The first kappa shape index (κ1) is 19.6. The molecule has 10 heteroatoms. The van der Waals surface area contributed by atoms with Crippen LogP contribution in [0.2, 0.25) is 0 Å². The SMILES string of the molecule is NS(=O)(=O)CCCSc1nnc2n(Cc3ccccc3)c(=O)c3ccccc3n12. The highest BCUT2D eigenvalue weighted by atomic mass is 32.2. The summed E-state index contributed by atoms with van der Waals surface area (Å²) in [6.07, 6.45) is 0.403. The van der Waals surface area contributed by atoms with Crippen LogP contribution in [0.1, 0.15) is 12.0 Å². The van der Waals surface area contributed by atoms with Crippen molar-refractivity contribution >= 4 is 38.5 Å². The van der Waals surface area contributed by atoms with Crippen LogP contribution in [0.15, 0.2) is 64.5 Å². The lowest BCUT2D eigenvalue weighted by Gasteiger charge is -2.11. The van der Waals surface area contributed by atoms with Gasteiger partial charge in [0.05, 0.1) is 23.2 Å². The Bertz CT molecular complexity index is 1330. The van der Waals surface area contributed by atoms with E-state index in [0.717, 1.165) is 11.1 Å². The molecule has 0 saturated heterocycles. The van der Waals surface area contributed by atoms with Gasteiger partial charge in [-0.3, -0.25) is 13.8 Å². The molecule has 0 amide bonds. The molecule has 2 N–H and O–H groups in total. The molecule has 0 aliphatic carbocycles. The van der Waals surface area contributed by atoms with Crippen molar-refractivity contribution in [2.45, 2.75) is 18.1 Å². The number of hydrogen-bond donors (Lipinski definition) is 1. The van der Waals surface area contributed by atoms with E-state index in [0.29, 0.717) is 35.0 Å². The topological polar surface area (TPSA) is 112 Å². The molecule has 0 aliphatic rings. The van der Waals surface area contributed by atoms with Crippen LogP contribution in [0.5, 0.6) is 0 Å². The number of sulfonamides is 1. The molecule has 0 bridgehead atoms. The molecule has 0 unspecified atom stereocenters. The second kappa shape index (κ2) is 7.97. The second-order valence-electron chi connectivity index (χ2n) is 6.58. The van der Waals surface area contributed by atoms with Gasteiger partial charge in [-0.2, -0.15) is 0 Å². The molecule has 0 radical (unpaired) electrons. The molecule has 0 saturated carbocycles. The van der Waals surface area contributed by atoms with Gasteiger partial charge in [0.2, 0.25) is 15.8 Å². The Morgan fingerprint density at radius 2 is 1.72 bits per heavy atom. The minimum absolute atomic E-state index is 0.0871. The zero-order chi connectivity index (χ0) is 20.4. The smallest absolute Gasteiger partial charge is 0.263 e. The van der Waals surface area contributed by atoms with Gasteiger partial charge in [0.1, 0.15) is 0 Å². The van der Waals surface area contributed by atoms with Crippen LogP contribution in [-0.4, -0.2) is 39.1 Å². The van der Waals surface area contributed by atoms with Crippen molar-refractivity contribution in [2.24, 2.45) is 5.14 Å². The van der Waals surface area contributed by atoms with Crippen molar-refractivity contribution < 1.29 is 8.42 Å². The molecule has 0 fully saturated rings. The number of nitrogens with two attached hydrogens (primary N) is 1. The number of para-hydroxylation sites is 1. The van der Waals surface area contributed by atoms with E-state index in [1.54, 1.807) is 10.6 Å². The summed E-state index contributed by atoms with van der Waals surface area (Å²) in [5, 5.41) is 14.8. The summed E-state index contributed by atoms with van der Waals surface area (Å²) in [5.74, 6) is 0.881. The van der Waals surface area contributed by atoms with Gasteiger partial charge in [0, 0.05) is 5.75 Å². The maximum atomic E-state index is 13.1. The van der Waals surface area contributed by atoms with E-state index in [9.17, 15) is 13.2 Å². The monoisotopic (exact) mass is 429 g/mol. The van der Waals surface area contributed by atoms with E-state index in [1.807, 2.05) is 52.9 Å². The molecule has 4 rings (SSSR count). The molecule has 150 valence electrons. The van der Waals surface area contributed by atoms with Crippen LogP contribution in [-0.2, 0) is 16.6 Å². The summed E-state index contributed by atoms with van der Waals surface area (Å²) in [4.78, 5) is 13.1. The largest absolute Gasteiger partial charge is 0.272 e. The minimum atomic E-state index is -3.49. The average Bonchev–Trinajstić information content (AvgIpc) is 3.12. The van der Waals surface area contributed by atoms with E-state index in [-0.39, 0.29) is 11.3 Å². The molecule has 2 aromatic heterocycles. The summed E-state index contributed by atoms with van der Waals surface area (Å²) in [5.41, 5.74) is 1.57. The third kappa shape index (κ3) is 4.19. The van der Waals surface area contributed by atoms with E-state index in [1.165, 1.54) is 11.8 Å². The highest BCUT2D eigenvalue weighted by Gasteiger charge is 2.17. The Hall–Kier alpha value is -2.69. The molecule has 4 aromatic rings. The van der Waals surface area contributed by atoms with Crippen molar-refractivity contribution in [1.29, 1.82) is 0 Å². The molecule has 0 aliphatic heterocycles. The number of benzene rings is 2. The molecule has 0 atom stereocenters. The van der Waals surface area contributed by atoms with Crippen LogP contribution in [0, 0.1) is 0 Å². The molecule has 2 heterocycles. The Morgan fingerprint density at radius 1 is 1.00 bits per heavy atom. The van der Waals surface area contributed by atoms with Crippen LogP contribution in [0.3, 0.4) is 0 Å². The normalized spacial score (nSPS) is 12.0. The van der Waals surface area contributed by atoms with Gasteiger partial charge in [0.25, 0.3) is 5.56 Å². The van der Waals surface area contributed by atoms with Crippen LogP contribution >= 0.6 is 11.8 Å². The maximum absolute atomic E-state index is 13.1. The summed E-state index contributed by atoms with van der Waals surface area (Å²) in [6.45, 7) is 0.377. The Kier molecular flexibility index (Phi) is 5.39. The first-order valence-electron chi connectivity index (χ1n) is 8.98. The number of hydrogen-bond acceptors (Lipinski definition) is 6. The third-order valence-corrected chi connectivity index (χ3v) is 6.34. The number of nitrogens with zero attached hydrogens (tertiary/aromatic N) is 4. The van der Waals surface area contributed by atoms with Crippen molar-refractivity contribution in [3.05, 3.63) is 70.5 Å². The third-order valence-electron chi connectivity index (χ3n) is 4.47. The van der Waals surface area contributed by atoms with E-state index < -0.39 is 10.0 Å². The first-order valence-corrected chi connectivity index (χ1v) is 11.7. The number of thioether (sulfide) groups is 1. The van der Waals surface area contributed by atoms with Crippen LogP contribution < -0.4 is 10.7 Å². The zero-order valence-electron chi connectivity index (χ0n) is 15.4. The summed E-state index contributed by atoms with van der Waals surface area (Å²) < 4.78 is 25.7. The molecule has 0 spiro atoms. The van der Waals surface area contributed by atoms with E-state index in [4.69, 9.17) is 5.14 Å². The average molecular weight is 430 g/mol.